The van der Waals surface area contributed by atoms with Gasteiger partial charge >= 0.3 is 0 Å². The Morgan fingerprint density at radius 1 is 1.39 bits per heavy atom. The van der Waals surface area contributed by atoms with Crippen LogP contribution in [-0.4, -0.2) is 49.2 Å². The number of halogens is 2. The van der Waals surface area contributed by atoms with Gasteiger partial charge in [0.15, 0.2) is 6.61 Å². The van der Waals surface area contributed by atoms with E-state index >= 15 is 0 Å². The van der Waals surface area contributed by atoms with Crippen LogP contribution >= 0.6 is 0 Å². The first kappa shape index (κ1) is 22.6. The monoisotopic (exact) mass is 433 g/mol. The highest BCUT2D eigenvalue weighted by atomic mass is 19.3. The number of anilines is 2. The van der Waals surface area contributed by atoms with Crippen molar-refractivity contribution < 1.29 is 18.6 Å². The van der Waals surface area contributed by atoms with Gasteiger partial charge in [-0.1, -0.05) is 0 Å². The fourth-order valence-electron chi connectivity index (χ4n) is 3.41. The molecule has 166 valence electrons. The third kappa shape index (κ3) is 6.68. The van der Waals surface area contributed by atoms with E-state index in [0.717, 1.165) is 26.2 Å². The van der Waals surface area contributed by atoms with Gasteiger partial charge in [-0.15, -0.1) is 0 Å². The summed E-state index contributed by atoms with van der Waals surface area (Å²) >= 11 is 0. The SMILES string of the molecule is CC(F)(F)COc1ncncc1CNc1ncc(C#N)c(N[C@H]2CCC[C@@](C)(O)C2)n1. The first-order chi connectivity index (χ1) is 14.6. The molecule has 1 saturated carbocycles. The van der Waals surface area contributed by atoms with Gasteiger partial charge in [-0.05, 0) is 32.6 Å². The molecule has 3 rings (SSSR count). The molecule has 0 spiro atoms. The highest BCUT2D eigenvalue weighted by molar-refractivity contribution is 5.54. The Balaban J connectivity index is 1.69. The maximum atomic E-state index is 13.1. The fraction of sp³-hybridized carbons (Fsp3) is 0.550. The zero-order valence-corrected chi connectivity index (χ0v) is 17.4. The van der Waals surface area contributed by atoms with Crippen LogP contribution in [0.3, 0.4) is 0 Å². The van der Waals surface area contributed by atoms with Gasteiger partial charge in [0.2, 0.25) is 11.8 Å². The van der Waals surface area contributed by atoms with E-state index in [2.05, 4.69) is 36.6 Å². The standard InChI is InChI=1S/C20H25F2N7O2/c1-19(30)5-3-4-15(6-19)28-16-13(7-23)9-25-18(29-16)26-10-14-8-24-12-27-17(14)31-11-20(2,21)22/h8-9,12,15,30H,3-6,10-11H2,1-2H3,(H2,25,26,28,29)/t15-,19+/m0/s1. The molecule has 1 aliphatic carbocycles. The Kier molecular flexibility index (Phi) is 6.80. The molecule has 9 nitrogen and oxygen atoms in total. The van der Waals surface area contributed by atoms with Crippen LogP contribution in [0.2, 0.25) is 0 Å². The van der Waals surface area contributed by atoms with Gasteiger partial charge in [-0.2, -0.15) is 10.2 Å². The van der Waals surface area contributed by atoms with E-state index in [1.54, 1.807) is 6.92 Å². The van der Waals surface area contributed by atoms with Crippen LogP contribution in [-0.2, 0) is 6.54 Å². The van der Waals surface area contributed by atoms with E-state index in [1.165, 1.54) is 18.7 Å². The van der Waals surface area contributed by atoms with E-state index in [1.807, 2.05) is 0 Å². The normalized spacial score (nSPS) is 21.2. The number of nitrogens with one attached hydrogen (secondary N) is 2. The number of rotatable bonds is 8. The van der Waals surface area contributed by atoms with Crippen LogP contribution in [0.1, 0.15) is 50.7 Å². The second-order valence-corrected chi connectivity index (χ2v) is 8.07. The Morgan fingerprint density at radius 2 is 2.19 bits per heavy atom. The molecule has 1 fully saturated rings. The van der Waals surface area contributed by atoms with E-state index in [4.69, 9.17) is 4.74 Å². The largest absolute Gasteiger partial charge is 0.471 e. The number of hydrogen-bond donors (Lipinski definition) is 3. The van der Waals surface area contributed by atoms with E-state index in [-0.39, 0.29) is 30.0 Å². The number of aromatic nitrogens is 4. The molecule has 0 aromatic carbocycles. The summed E-state index contributed by atoms with van der Waals surface area (Å²) in [6.45, 7) is 1.89. The predicted octanol–water partition coefficient (Wildman–Crippen LogP) is 2.89. The third-order valence-corrected chi connectivity index (χ3v) is 4.85. The molecular weight excluding hydrogens is 408 g/mol. The number of alkyl halides is 2. The Labute approximate surface area is 178 Å². The number of nitrogens with zero attached hydrogens (tertiary/aromatic N) is 5. The smallest absolute Gasteiger partial charge is 0.278 e. The summed E-state index contributed by atoms with van der Waals surface area (Å²) in [6, 6.07) is 2.04. The molecule has 3 N–H and O–H groups in total. The summed E-state index contributed by atoms with van der Waals surface area (Å²) < 4.78 is 31.3. The predicted molar refractivity (Wildman–Crippen MR) is 109 cm³/mol. The minimum absolute atomic E-state index is 0.0168. The molecule has 0 amide bonds. The van der Waals surface area contributed by atoms with Crippen LogP contribution in [0.4, 0.5) is 20.5 Å². The number of hydrogen-bond acceptors (Lipinski definition) is 9. The molecule has 0 aliphatic heterocycles. The number of nitriles is 1. The first-order valence-electron chi connectivity index (χ1n) is 9.95. The van der Waals surface area contributed by atoms with Crippen LogP contribution in [0.15, 0.2) is 18.7 Å². The second kappa shape index (κ2) is 9.34. The van der Waals surface area contributed by atoms with Crippen molar-refractivity contribution in [3.63, 3.8) is 0 Å². The minimum Gasteiger partial charge on any atom is -0.471 e. The lowest BCUT2D eigenvalue weighted by Gasteiger charge is -2.34. The zero-order valence-electron chi connectivity index (χ0n) is 17.4. The van der Waals surface area contributed by atoms with Gasteiger partial charge in [0.25, 0.3) is 5.92 Å². The molecule has 0 bridgehead atoms. The maximum Gasteiger partial charge on any atom is 0.278 e. The molecule has 2 atom stereocenters. The highest BCUT2D eigenvalue weighted by Gasteiger charge is 2.30. The summed E-state index contributed by atoms with van der Waals surface area (Å²) in [7, 11) is 0. The summed E-state index contributed by atoms with van der Waals surface area (Å²) in [5.74, 6) is -2.34. The molecule has 31 heavy (non-hydrogen) atoms. The van der Waals surface area contributed by atoms with E-state index < -0.39 is 18.1 Å². The van der Waals surface area contributed by atoms with Crippen molar-refractivity contribution >= 4 is 11.8 Å². The number of ether oxygens (including phenoxy) is 1. The van der Waals surface area contributed by atoms with Gasteiger partial charge in [-0.25, -0.2) is 23.7 Å². The molecular formula is C20H25F2N7O2. The van der Waals surface area contributed by atoms with Crippen molar-refractivity contribution in [3.8, 4) is 11.9 Å². The van der Waals surface area contributed by atoms with Crippen molar-refractivity contribution in [1.29, 1.82) is 5.26 Å². The fourth-order valence-corrected chi connectivity index (χ4v) is 3.41. The Bertz CT molecular complexity index is 944. The quantitative estimate of drug-likeness (QED) is 0.575. The lowest BCUT2D eigenvalue weighted by molar-refractivity contribution is -0.0245. The van der Waals surface area contributed by atoms with Gasteiger partial charge in [0.1, 0.15) is 23.8 Å². The highest BCUT2D eigenvalue weighted by Crippen LogP contribution is 2.30. The average Bonchev–Trinajstić information content (AvgIpc) is 2.70. The van der Waals surface area contributed by atoms with Gasteiger partial charge in [0, 0.05) is 25.7 Å². The van der Waals surface area contributed by atoms with Crippen LogP contribution in [0.5, 0.6) is 5.88 Å². The third-order valence-electron chi connectivity index (χ3n) is 4.85. The first-order valence-corrected chi connectivity index (χ1v) is 9.95. The summed E-state index contributed by atoms with van der Waals surface area (Å²) in [6.07, 6.45) is 7.08. The molecule has 2 heterocycles. The van der Waals surface area contributed by atoms with Gasteiger partial charge < -0.3 is 20.5 Å². The van der Waals surface area contributed by atoms with Gasteiger partial charge in [-0.3, -0.25) is 0 Å². The molecule has 0 radical (unpaired) electrons. The topological polar surface area (TPSA) is 129 Å². The van der Waals surface area contributed by atoms with Crippen LogP contribution in [0.25, 0.3) is 0 Å². The molecule has 0 saturated heterocycles. The second-order valence-electron chi connectivity index (χ2n) is 8.07. The van der Waals surface area contributed by atoms with Crippen molar-refractivity contribution in [2.45, 2.75) is 63.6 Å². The van der Waals surface area contributed by atoms with Crippen molar-refractivity contribution in [1.82, 2.24) is 19.9 Å². The number of aliphatic hydroxyl groups is 1. The summed E-state index contributed by atoms with van der Waals surface area (Å²) in [5, 5.41) is 25.9. The molecule has 2 aromatic rings. The molecule has 11 heteroatoms. The van der Waals surface area contributed by atoms with Crippen LogP contribution in [0, 0.1) is 11.3 Å². The minimum atomic E-state index is -2.99. The summed E-state index contributed by atoms with van der Waals surface area (Å²) in [5.41, 5.74) is -0.0129. The van der Waals surface area contributed by atoms with Gasteiger partial charge in [0.05, 0.1) is 17.4 Å². The van der Waals surface area contributed by atoms with E-state index in [0.29, 0.717) is 17.8 Å². The lowest BCUT2D eigenvalue weighted by Crippen LogP contribution is -2.38. The average molecular weight is 433 g/mol. The molecule has 0 unspecified atom stereocenters. The van der Waals surface area contributed by atoms with E-state index in [9.17, 15) is 19.1 Å². The molecule has 1 aliphatic rings. The van der Waals surface area contributed by atoms with Crippen LogP contribution < -0.4 is 15.4 Å². The van der Waals surface area contributed by atoms with Crippen molar-refractivity contribution in [2.75, 3.05) is 17.2 Å². The zero-order chi connectivity index (χ0) is 22.5. The summed E-state index contributed by atoms with van der Waals surface area (Å²) in [4.78, 5) is 16.3. The van der Waals surface area contributed by atoms with Crippen molar-refractivity contribution in [2.24, 2.45) is 0 Å². The Morgan fingerprint density at radius 3 is 2.90 bits per heavy atom. The maximum absolute atomic E-state index is 13.1. The van der Waals surface area contributed by atoms with Crippen molar-refractivity contribution in [3.05, 3.63) is 29.8 Å². The Hall–Kier alpha value is -3.13. The molecule has 2 aromatic heterocycles. The lowest BCUT2D eigenvalue weighted by atomic mass is 9.83.